The zero-order valence-corrected chi connectivity index (χ0v) is 12.6. The fourth-order valence-corrected chi connectivity index (χ4v) is 2.39. The Labute approximate surface area is 133 Å². The van der Waals surface area contributed by atoms with E-state index in [1.165, 1.54) is 0 Å². The summed E-state index contributed by atoms with van der Waals surface area (Å²) < 4.78 is 0. The summed E-state index contributed by atoms with van der Waals surface area (Å²) in [6.07, 6.45) is 0. The second-order valence-electron chi connectivity index (χ2n) is 4.60. The van der Waals surface area contributed by atoms with Crippen molar-refractivity contribution in [3.8, 4) is 5.75 Å². The van der Waals surface area contributed by atoms with Gasteiger partial charge in [0.05, 0.1) is 5.69 Å². The number of hydrogen-bond acceptors (Lipinski definition) is 2. The summed E-state index contributed by atoms with van der Waals surface area (Å²) in [5, 5.41) is 15.8. The minimum Gasteiger partial charge on any atom is -1.00 e. The Morgan fingerprint density at radius 1 is 0.905 bits per heavy atom. The lowest BCUT2D eigenvalue weighted by Crippen LogP contribution is -3.00. The summed E-state index contributed by atoms with van der Waals surface area (Å²) >= 11 is 6.04. The van der Waals surface area contributed by atoms with Gasteiger partial charge in [0.25, 0.3) is 0 Å². The average molecular weight is 321 g/mol. The molecule has 5 N–H and O–H groups in total. The highest BCUT2D eigenvalue weighted by molar-refractivity contribution is 6.31. The van der Waals surface area contributed by atoms with Crippen LogP contribution in [0.2, 0.25) is 5.02 Å². The van der Waals surface area contributed by atoms with Crippen molar-refractivity contribution in [3.63, 3.8) is 0 Å². The van der Waals surface area contributed by atoms with E-state index in [9.17, 15) is 5.11 Å². The van der Waals surface area contributed by atoms with Crippen LogP contribution in [0.4, 0.5) is 17.1 Å². The fraction of sp³-hybridized carbons (Fsp3) is 0. The van der Waals surface area contributed by atoms with Gasteiger partial charge >= 0.3 is 0 Å². The van der Waals surface area contributed by atoms with Crippen LogP contribution in [0.1, 0.15) is 0 Å². The predicted octanol–water partition coefficient (Wildman–Crippen LogP) is 0.820. The fourth-order valence-electron chi connectivity index (χ4n) is 2.21. The zero-order chi connectivity index (χ0) is 14.1. The molecule has 0 radical (unpaired) electrons. The van der Waals surface area contributed by atoms with E-state index in [2.05, 4.69) is 11.1 Å². The van der Waals surface area contributed by atoms with E-state index in [4.69, 9.17) is 11.6 Å². The normalized spacial score (nSPS) is 10.2. The molecule has 108 valence electrons. The maximum Gasteiger partial charge on any atom is 0.139 e. The molecule has 3 aromatic carbocycles. The van der Waals surface area contributed by atoms with E-state index < -0.39 is 0 Å². The minimum absolute atomic E-state index is 0. The van der Waals surface area contributed by atoms with Crippen LogP contribution in [0.25, 0.3) is 10.8 Å². The molecule has 0 unspecified atom stereocenters. The first-order valence-corrected chi connectivity index (χ1v) is 6.62. The molecule has 0 spiro atoms. The Morgan fingerprint density at radius 3 is 2.43 bits per heavy atom. The first kappa shape index (κ1) is 15.4. The number of nitrogens with one attached hydrogen (secondary N) is 1. The highest BCUT2D eigenvalue weighted by Gasteiger charge is 2.08. The van der Waals surface area contributed by atoms with Gasteiger partial charge in [-0.3, -0.25) is 0 Å². The number of phenols is 1. The molecule has 0 aliphatic heterocycles. The minimum atomic E-state index is 0. The molecule has 3 nitrogen and oxygen atoms in total. The number of para-hydroxylation sites is 2. The Morgan fingerprint density at radius 2 is 1.67 bits per heavy atom. The molecule has 5 heteroatoms. The van der Waals surface area contributed by atoms with Gasteiger partial charge in [0.2, 0.25) is 0 Å². The van der Waals surface area contributed by atoms with Crippen molar-refractivity contribution in [2.75, 3.05) is 5.32 Å². The molecule has 0 atom stereocenters. The van der Waals surface area contributed by atoms with Crippen LogP contribution in [0.15, 0.2) is 54.6 Å². The van der Waals surface area contributed by atoms with Crippen molar-refractivity contribution in [1.82, 2.24) is 0 Å². The molecule has 21 heavy (non-hydrogen) atoms. The van der Waals surface area contributed by atoms with Gasteiger partial charge in [0.15, 0.2) is 0 Å². The zero-order valence-electron chi connectivity index (χ0n) is 11.1. The molecular formula is C16H14Cl2N2O. The lowest BCUT2D eigenvalue weighted by molar-refractivity contribution is -0.252. The monoisotopic (exact) mass is 320 g/mol. The van der Waals surface area contributed by atoms with Gasteiger partial charge < -0.3 is 28.6 Å². The third-order valence-electron chi connectivity index (χ3n) is 3.24. The third-order valence-corrected chi connectivity index (χ3v) is 3.48. The second-order valence-corrected chi connectivity index (χ2v) is 5.04. The van der Waals surface area contributed by atoms with E-state index in [-0.39, 0.29) is 18.2 Å². The number of aromatic hydroxyl groups is 1. The van der Waals surface area contributed by atoms with Gasteiger partial charge in [0, 0.05) is 27.5 Å². The topological polar surface area (TPSA) is 59.9 Å². The van der Waals surface area contributed by atoms with Crippen LogP contribution in [0.3, 0.4) is 0 Å². The van der Waals surface area contributed by atoms with Crippen LogP contribution in [-0.2, 0) is 0 Å². The number of halogens is 2. The summed E-state index contributed by atoms with van der Waals surface area (Å²) in [5.41, 5.74) is 6.52. The van der Waals surface area contributed by atoms with Gasteiger partial charge in [0.1, 0.15) is 11.4 Å². The van der Waals surface area contributed by atoms with Crippen LogP contribution in [0.5, 0.6) is 5.75 Å². The standard InChI is InChI=1S/C16H13ClN2O.ClH/c17-10-5-6-11-12(9-10)13(18)7-8-14(11)19-15-3-1-2-4-16(15)20;/h1-9,19-20H,18H2;1H. The van der Waals surface area contributed by atoms with E-state index in [0.29, 0.717) is 10.7 Å². The molecule has 3 aromatic rings. The molecule has 0 heterocycles. The lowest BCUT2D eigenvalue weighted by atomic mass is 10.1. The van der Waals surface area contributed by atoms with Crippen molar-refractivity contribution in [2.45, 2.75) is 0 Å². The molecule has 3 rings (SSSR count). The predicted molar refractivity (Wildman–Crippen MR) is 82.9 cm³/mol. The molecule has 0 amide bonds. The molecule has 0 aliphatic carbocycles. The quantitative estimate of drug-likeness (QED) is 0.612. The number of benzene rings is 3. The Kier molecular flexibility index (Phi) is 4.58. The number of rotatable bonds is 2. The molecule has 0 bridgehead atoms. The number of hydrogen-bond donors (Lipinski definition) is 3. The van der Waals surface area contributed by atoms with Crippen molar-refractivity contribution < 1.29 is 23.2 Å². The number of quaternary nitrogens is 1. The van der Waals surface area contributed by atoms with Crippen LogP contribution in [-0.4, -0.2) is 5.11 Å². The van der Waals surface area contributed by atoms with Crippen molar-refractivity contribution in [1.29, 1.82) is 0 Å². The highest BCUT2D eigenvalue weighted by atomic mass is 35.5. The Bertz CT molecular complexity index is 790. The van der Waals surface area contributed by atoms with Gasteiger partial charge in [-0.2, -0.15) is 0 Å². The van der Waals surface area contributed by atoms with Crippen LogP contribution < -0.4 is 23.5 Å². The molecular weight excluding hydrogens is 307 g/mol. The first-order chi connectivity index (χ1) is 9.65. The SMILES string of the molecule is [Cl-].[NH3+]c1ccc(Nc2ccccc2O)c2ccc(Cl)cc12. The summed E-state index contributed by atoms with van der Waals surface area (Å²) in [7, 11) is 0. The van der Waals surface area contributed by atoms with Crippen LogP contribution in [0, 0.1) is 0 Å². The molecule has 0 saturated heterocycles. The third kappa shape index (κ3) is 3.05. The largest absolute Gasteiger partial charge is 1.00 e. The maximum atomic E-state index is 9.85. The average Bonchev–Trinajstić information content (AvgIpc) is 2.44. The molecule has 0 fully saturated rings. The van der Waals surface area contributed by atoms with Gasteiger partial charge in [-0.15, -0.1) is 0 Å². The molecule has 0 aromatic heterocycles. The van der Waals surface area contributed by atoms with Gasteiger partial charge in [-0.25, -0.2) is 0 Å². The summed E-state index contributed by atoms with van der Waals surface area (Å²) in [5.74, 6) is 0.216. The first-order valence-electron chi connectivity index (χ1n) is 6.24. The maximum absolute atomic E-state index is 9.85. The van der Waals surface area contributed by atoms with Crippen LogP contribution >= 0.6 is 11.6 Å². The summed E-state index contributed by atoms with van der Waals surface area (Å²) in [6, 6.07) is 16.7. The van der Waals surface area contributed by atoms with E-state index in [0.717, 1.165) is 22.1 Å². The summed E-state index contributed by atoms with van der Waals surface area (Å²) in [4.78, 5) is 0. The van der Waals surface area contributed by atoms with Crippen molar-refractivity contribution >= 4 is 39.4 Å². The number of fused-ring (bicyclic) bond motifs is 1. The van der Waals surface area contributed by atoms with E-state index >= 15 is 0 Å². The van der Waals surface area contributed by atoms with E-state index in [1.54, 1.807) is 12.1 Å². The number of phenolic OH excluding ortho intramolecular Hbond substituents is 1. The lowest BCUT2D eigenvalue weighted by Gasteiger charge is -2.11. The molecule has 0 saturated carbocycles. The number of anilines is 2. The van der Waals surface area contributed by atoms with Crippen molar-refractivity contribution in [3.05, 3.63) is 59.6 Å². The highest BCUT2D eigenvalue weighted by Crippen LogP contribution is 2.33. The van der Waals surface area contributed by atoms with E-state index in [1.807, 2.05) is 42.5 Å². The smallest absolute Gasteiger partial charge is 0.139 e. The van der Waals surface area contributed by atoms with Crippen molar-refractivity contribution in [2.24, 2.45) is 0 Å². The van der Waals surface area contributed by atoms with Gasteiger partial charge in [-0.1, -0.05) is 29.8 Å². The Balaban J connectivity index is 0.00000161. The second kappa shape index (κ2) is 6.22. The van der Waals surface area contributed by atoms with Gasteiger partial charge in [-0.05, 0) is 30.3 Å². The molecule has 0 aliphatic rings. The Hall–Kier alpha value is -1.94. The summed E-state index contributed by atoms with van der Waals surface area (Å²) in [6.45, 7) is 0.